The Morgan fingerprint density at radius 3 is 2.23 bits per heavy atom. The van der Waals surface area contributed by atoms with Crippen LogP contribution in [0.2, 0.25) is 10.0 Å². The molecule has 0 spiro atoms. The summed E-state index contributed by atoms with van der Waals surface area (Å²) in [6.07, 6.45) is -1.75. The summed E-state index contributed by atoms with van der Waals surface area (Å²) in [4.78, 5) is 35.3. The van der Waals surface area contributed by atoms with Crippen LogP contribution in [0.5, 0.6) is 0 Å². The van der Waals surface area contributed by atoms with Crippen LogP contribution in [0.4, 0.5) is 10.5 Å². The van der Waals surface area contributed by atoms with Crippen LogP contribution in [0, 0.1) is 0 Å². The van der Waals surface area contributed by atoms with Crippen LogP contribution in [0.15, 0.2) is 18.2 Å². The van der Waals surface area contributed by atoms with Gasteiger partial charge < -0.3 is 20.1 Å². The molecule has 0 saturated heterocycles. The zero-order valence-electron chi connectivity index (χ0n) is 15.0. The maximum atomic E-state index is 12.0. The predicted molar refractivity (Wildman–Crippen MR) is 99.5 cm³/mol. The Balaban J connectivity index is 2.39. The molecule has 0 saturated carbocycles. The highest BCUT2D eigenvalue weighted by molar-refractivity contribution is 6.35. The highest BCUT2D eigenvalue weighted by Gasteiger charge is 2.19. The minimum Gasteiger partial charge on any atom is -0.452 e. The molecular formula is C17H22Cl2N2O5. The number of alkyl carbamates (subject to hydrolysis) is 1. The monoisotopic (exact) mass is 404 g/mol. The van der Waals surface area contributed by atoms with Gasteiger partial charge in [0, 0.05) is 22.3 Å². The standard InChI is InChI=1S/C17H22Cl2N2O5/c1-10(15(23)21-13-8-11(18)7-12(19)9-13)25-14(22)5-6-20-16(24)26-17(2,3)4/h7-10H,5-6H2,1-4H3,(H,20,24)(H,21,23)/t10-/m0/s1. The van der Waals surface area contributed by atoms with Gasteiger partial charge in [-0.2, -0.15) is 0 Å². The molecule has 0 aromatic heterocycles. The SMILES string of the molecule is C[C@H](OC(=O)CCNC(=O)OC(C)(C)C)C(=O)Nc1cc(Cl)cc(Cl)c1. The lowest BCUT2D eigenvalue weighted by molar-refractivity contribution is -0.153. The molecule has 0 bridgehead atoms. The van der Waals surface area contributed by atoms with Gasteiger partial charge in [0.25, 0.3) is 5.91 Å². The molecule has 2 N–H and O–H groups in total. The Morgan fingerprint density at radius 2 is 1.69 bits per heavy atom. The first-order valence-electron chi connectivity index (χ1n) is 7.89. The Kier molecular flexibility index (Phi) is 8.17. The maximum absolute atomic E-state index is 12.0. The largest absolute Gasteiger partial charge is 0.452 e. The topological polar surface area (TPSA) is 93.7 Å². The van der Waals surface area contributed by atoms with Crippen LogP contribution in [-0.2, 0) is 19.1 Å². The fraction of sp³-hybridized carbons (Fsp3) is 0.471. The van der Waals surface area contributed by atoms with Gasteiger partial charge in [0.2, 0.25) is 0 Å². The summed E-state index contributed by atoms with van der Waals surface area (Å²) in [5.74, 6) is -1.16. The zero-order chi connectivity index (χ0) is 19.9. The molecule has 1 atom stereocenters. The van der Waals surface area contributed by atoms with Crippen molar-refractivity contribution in [3.63, 3.8) is 0 Å². The summed E-state index contributed by atoms with van der Waals surface area (Å²) in [6.45, 7) is 6.66. The molecule has 0 fully saturated rings. The van der Waals surface area contributed by atoms with Crippen molar-refractivity contribution < 1.29 is 23.9 Å². The minimum absolute atomic E-state index is 0.0337. The van der Waals surface area contributed by atoms with Crippen molar-refractivity contribution in [2.24, 2.45) is 0 Å². The van der Waals surface area contributed by atoms with E-state index in [1.165, 1.54) is 25.1 Å². The predicted octanol–water partition coefficient (Wildman–Crippen LogP) is 3.78. The maximum Gasteiger partial charge on any atom is 0.407 e. The normalized spacial score (nSPS) is 12.1. The van der Waals surface area contributed by atoms with Crippen LogP contribution in [-0.4, -0.2) is 36.2 Å². The lowest BCUT2D eigenvalue weighted by atomic mass is 10.2. The molecule has 7 nitrogen and oxygen atoms in total. The summed E-state index contributed by atoms with van der Waals surface area (Å²) in [6, 6.07) is 4.56. The van der Waals surface area contributed by atoms with Gasteiger partial charge in [0.05, 0.1) is 6.42 Å². The van der Waals surface area contributed by atoms with Crippen molar-refractivity contribution in [3.05, 3.63) is 28.2 Å². The van der Waals surface area contributed by atoms with E-state index in [4.69, 9.17) is 32.7 Å². The molecule has 0 heterocycles. The molecule has 0 aliphatic heterocycles. The first-order chi connectivity index (χ1) is 12.0. The van der Waals surface area contributed by atoms with Crippen LogP contribution in [0.1, 0.15) is 34.1 Å². The van der Waals surface area contributed by atoms with Crippen molar-refractivity contribution in [1.29, 1.82) is 0 Å². The number of halogens is 2. The molecule has 0 radical (unpaired) electrons. The van der Waals surface area contributed by atoms with Crippen molar-refractivity contribution in [1.82, 2.24) is 5.32 Å². The average Bonchev–Trinajstić information content (AvgIpc) is 2.43. The zero-order valence-corrected chi connectivity index (χ0v) is 16.5. The summed E-state index contributed by atoms with van der Waals surface area (Å²) in [5.41, 5.74) is -0.234. The smallest absolute Gasteiger partial charge is 0.407 e. The van der Waals surface area contributed by atoms with Crippen molar-refractivity contribution >= 4 is 46.9 Å². The van der Waals surface area contributed by atoms with Crippen molar-refractivity contribution in [2.45, 2.75) is 45.8 Å². The van der Waals surface area contributed by atoms with Crippen LogP contribution in [0.25, 0.3) is 0 Å². The van der Waals surface area contributed by atoms with E-state index >= 15 is 0 Å². The third-order valence-electron chi connectivity index (χ3n) is 2.80. The summed E-state index contributed by atoms with van der Waals surface area (Å²) >= 11 is 11.7. The minimum atomic E-state index is -1.03. The molecule has 1 rings (SSSR count). The van der Waals surface area contributed by atoms with Crippen molar-refractivity contribution in [3.8, 4) is 0 Å². The van der Waals surface area contributed by atoms with E-state index in [1.807, 2.05) is 0 Å². The number of carbonyl (C=O) groups is 3. The van der Waals surface area contributed by atoms with Gasteiger partial charge in [-0.3, -0.25) is 9.59 Å². The number of hydrogen-bond donors (Lipinski definition) is 2. The summed E-state index contributed by atoms with van der Waals surface area (Å²) in [7, 11) is 0. The molecule has 1 aromatic carbocycles. The number of rotatable bonds is 6. The highest BCUT2D eigenvalue weighted by Crippen LogP contribution is 2.22. The van der Waals surface area contributed by atoms with E-state index in [0.29, 0.717) is 15.7 Å². The number of anilines is 1. The van der Waals surface area contributed by atoms with Crippen LogP contribution < -0.4 is 10.6 Å². The third kappa shape index (κ3) is 8.92. The van der Waals surface area contributed by atoms with Gasteiger partial charge in [-0.1, -0.05) is 23.2 Å². The third-order valence-corrected chi connectivity index (χ3v) is 3.24. The highest BCUT2D eigenvalue weighted by atomic mass is 35.5. The number of hydrogen-bond acceptors (Lipinski definition) is 5. The molecule has 0 aliphatic rings. The molecule has 26 heavy (non-hydrogen) atoms. The van der Waals surface area contributed by atoms with Gasteiger partial charge >= 0.3 is 12.1 Å². The summed E-state index contributed by atoms with van der Waals surface area (Å²) in [5, 5.41) is 5.72. The molecule has 1 aromatic rings. The van der Waals surface area contributed by atoms with Crippen LogP contribution >= 0.6 is 23.2 Å². The average molecular weight is 405 g/mol. The van der Waals surface area contributed by atoms with Gasteiger partial charge in [0.15, 0.2) is 6.10 Å². The Hall–Kier alpha value is -1.99. The first-order valence-corrected chi connectivity index (χ1v) is 8.65. The van der Waals surface area contributed by atoms with Gasteiger partial charge in [-0.05, 0) is 45.9 Å². The molecule has 0 aliphatic carbocycles. The lowest BCUT2D eigenvalue weighted by Gasteiger charge is -2.19. The first kappa shape index (κ1) is 22.1. The van der Waals surface area contributed by atoms with E-state index in [-0.39, 0.29) is 13.0 Å². The van der Waals surface area contributed by atoms with E-state index in [2.05, 4.69) is 10.6 Å². The van der Waals surface area contributed by atoms with Gasteiger partial charge in [-0.15, -0.1) is 0 Å². The van der Waals surface area contributed by atoms with E-state index < -0.39 is 29.7 Å². The molecular weight excluding hydrogens is 383 g/mol. The number of carbonyl (C=O) groups excluding carboxylic acids is 3. The van der Waals surface area contributed by atoms with Crippen LogP contribution in [0.3, 0.4) is 0 Å². The number of benzene rings is 1. The number of nitrogens with one attached hydrogen (secondary N) is 2. The van der Waals surface area contributed by atoms with Crippen molar-refractivity contribution in [2.75, 3.05) is 11.9 Å². The van der Waals surface area contributed by atoms with E-state index in [9.17, 15) is 14.4 Å². The molecule has 144 valence electrons. The molecule has 9 heteroatoms. The lowest BCUT2D eigenvalue weighted by Crippen LogP contribution is -2.35. The number of esters is 1. The second kappa shape index (κ2) is 9.64. The Labute approximate surface area is 162 Å². The van der Waals surface area contributed by atoms with E-state index in [1.54, 1.807) is 20.8 Å². The second-order valence-electron chi connectivity index (χ2n) is 6.46. The Bertz CT molecular complexity index is 653. The number of ether oxygens (including phenoxy) is 2. The summed E-state index contributed by atoms with van der Waals surface area (Å²) < 4.78 is 10.1. The van der Waals surface area contributed by atoms with Gasteiger partial charge in [-0.25, -0.2) is 4.79 Å². The Morgan fingerprint density at radius 1 is 1.12 bits per heavy atom. The van der Waals surface area contributed by atoms with E-state index in [0.717, 1.165) is 0 Å². The molecule has 2 amide bonds. The fourth-order valence-corrected chi connectivity index (χ4v) is 2.29. The quantitative estimate of drug-likeness (QED) is 0.703. The second-order valence-corrected chi connectivity index (χ2v) is 7.33. The fourth-order valence-electron chi connectivity index (χ4n) is 1.76. The molecule has 0 unspecified atom stereocenters. The number of amides is 2. The van der Waals surface area contributed by atoms with Gasteiger partial charge in [0.1, 0.15) is 5.60 Å².